The van der Waals surface area contributed by atoms with Crippen LogP contribution in [0, 0.1) is 12.8 Å². The lowest BCUT2D eigenvalue weighted by Crippen LogP contribution is -2.45. The molecule has 22 heavy (non-hydrogen) atoms. The summed E-state index contributed by atoms with van der Waals surface area (Å²) in [6, 6.07) is 8.52. The summed E-state index contributed by atoms with van der Waals surface area (Å²) in [6.07, 6.45) is 7.65. The predicted molar refractivity (Wildman–Crippen MR) is 94.3 cm³/mol. The number of amides is 1. The Morgan fingerprint density at radius 2 is 2.05 bits per heavy atom. The molecule has 124 valence electrons. The van der Waals surface area contributed by atoms with Crippen molar-refractivity contribution in [1.82, 2.24) is 5.32 Å². The van der Waals surface area contributed by atoms with E-state index >= 15 is 0 Å². The van der Waals surface area contributed by atoms with Gasteiger partial charge in [-0.05, 0) is 37.7 Å². The van der Waals surface area contributed by atoms with Crippen molar-refractivity contribution < 1.29 is 4.79 Å². The third-order valence-corrected chi connectivity index (χ3v) is 4.54. The van der Waals surface area contributed by atoms with E-state index in [0.717, 1.165) is 6.42 Å². The highest BCUT2D eigenvalue weighted by Crippen LogP contribution is 2.26. The smallest absolute Gasteiger partial charge is 0.220 e. The summed E-state index contributed by atoms with van der Waals surface area (Å²) in [4.78, 5) is 12.1. The molecule has 1 aromatic carbocycles. The third kappa shape index (κ3) is 5.98. The zero-order chi connectivity index (χ0) is 15.1. The summed E-state index contributed by atoms with van der Waals surface area (Å²) in [5.41, 5.74) is 8.34. The van der Waals surface area contributed by atoms with Gasteiger partial charge in [0.1, 0.15) is 0 Å². The molecule has 0 spiro atoms. The molecule has 1 aliphatic rings. The number of rotatable bonds is 6. The van der Waals surface area contributed by atoms with Crippen molar-refractivity contribution in [3.8, 4) is 0 Å². The average Bonchev–Trinajstić information content (AvgIpc) is 2.51. The number of hydrogen-bond donors (Lipinski definition) is 2. The highest BCUT2D eigenvalue weighted by atomic mass is 35.5. The van der Waals surface area contributed by atoms with Crippen LogP contribution >= 0.6 is 12.4 Å². The molecule has 0 aliphatic heterocycles. The van der Waals surface area contributed by atoms with E-state index in [4.69, 9.17) is 5.73 Å². The zero-order valence-corrected chi connectivity index (χ0v) is 14.3. The van der Waals surface area contributed by atoms with E-state index in [0.29, 0.717) is 18.9 Å². The zero-order valence-electron chi connectivity index (χ0n) is 13.5. The Morgan fingerprint density at radius 3 is 2.68 bits per heavy atom. The Labute approximate surface area is 140 Å². The molecule has 1 aliphatic carbocycles. The van der Waals surface area contributed by atoms with Crippen LogP contribution in [-0.4, -0.2) is 18.5 Å². The van der Waals surface area contributed by atoms with Crippen molar-refractivity contribution in [3.05, 3.63) is 35.4 Å². The minimum Gasteiger partial charge on any atom is -0.352 e. The Balaban J connectivity index is 0.00000242. The first kappa shape index (κ1) is 19.0. The number of nitrogens with two attached hydrogens (primary N) is 1. The molecule has 1 aromatic rings. The van der Waals surface area contributed by atoms with Crippen molar-refractivity contribution in [2.24, 2.45) is 11.7 Å². The van der Waals surface area contributed by atoms with E-state index in [-0.39, 0.29) is 24.4 Å². The summed E-state index contributed by atoms with van der Waals surface area (Å²) in [5, 5.41) is 3.16. The molecule has 1 unspecified atom stereocenters. The molecule has 0 bridgehead atoms. The van der Waals surface area contributed by atoms with Crippen LogP contribution in [0.3, 0.4) is 0 Å². The molecular weight excluding hydrogens is 296 g/mol. The van der Waals surface area contributed by atoms with Gasteiger partial charge in [-0.25, -0.2) is 0 Å². The fourth-order valence-corrected chi connectivity index (χ4v) is 3.31. The molecule has 3 N–H and O–H groups in total. The number of nitrogens with one attached hydrogen (secondary N) is 1. The summed E-state index contributed by atoms with van der Waals surface area (Å²) >= 11 is 0. The van der Waals surface area contributed by atoms with Gasteiger partial charge in [-0.2, -0.15) is 0 Å². The highest BCUT2D eigenvalue weighted by Gasteiger charge is 2.23. The molecule has 2 rings (SSSR count). The molecule has 1 fully saturated rings. The monoisotopic (exact) mass is 324 g/mol. The average molecular weight is 325 g/mol. The molecule has 1 saturated carbocycles. The number of carbonyl (C=O) groups is 1. The second kappa shape index (κ2) is 9.86. The van der Waals surface area contributed by atoms with Gasteiger partial charge in [0.15, 0.2) is 0 Å². The van der Waals surface area contributed by atoms with Crippen LogP contribution in [0.5, 0.6) is 0 Å². The van der Waals surface area contributed by atoms with E-state index in [2.05, 4.69) is 30.4 Å². The van der Waals surface area contributed by atoms with Gasteiger partial charge in [0.05, 0.1) is 0 Å². The van der Waals surface area contributed by atoms with Gasteiger partial charge in [0.25, 0.3) is 0 Å². The molecule has 0 heterocycles. The minimum atomic E-state index is 0. The third-order valence-electron chi connectivity index (χ3n) is 4.54. The molecule has 0 radical (unpaired) electrons. The summed E-state index contributed by atoms with van der Waals surface area (Å²) in [6.45, 7) is 2.64. The van der Waals surface area contributed by atoms with Crippen LogP contribution in [0.2, 0.25) is 0 Å². The number of aryl methyl sites for hydroxylation is 2. The van der Waals surface area contributed by atoms with Gasteiger partial charge in [0, 0.05) is 19.0 Å². The highest BCUT2D eigenvalue weighted by molar-refractivity contribution is 5.85. The second-order valence-corrected chi connectivity index (χ2v) is 6.30. The lowest BCUT2D eigenvalue weighted by atomic mass is 9.84. The van der Waals surface area contributed by atoms with Gasteiger partial charge in [0.2, 0.25) is 5.91 Å². The van der Waals surface area contributed by atoms with Gasteiger partial charge in [-0.1, -0.05) is 49.1 Å². The van der Waals surface area contributed by atoms with Gasteiger partial charge in [-0.15, -0.1) is 12.4 Å². The lowest BCUT2D eigenvalue weighted by molar-refractivity contribution is -0.122. The van der Waals surface area contributed by atoms with Crippen molar-refractivity contribution in [2.75, 3.05) is 6.54 Å². The van der Waals surface area contributed by atoms with Crippen LogP contribution in [0.1, 0.15) is 49.7 Å². The van der Waals surface area contributed by atoms with Crippen molar-refractivity contribution in [1.29, 1.82) is 0 Å². The van der Waals surface area contributed by atoms with E-state index in [1.54, 1.807) is 0 Å². The first-order chi connectivity index (χ1) is 10.2. The maximum absolute atomic E-state index is 12.1. The van der Waals surface area contributed by atoms with Crippen LogP contribution in [0.25, 0.3) is 0 Å². The second-order valence-electron chi connectivity index (χ2n) is 6.30. The predicted octanol–water partition coefficient (Wildman–Crippen LogP) is 3.37. The number of benzene rings is 1. The molecule has 0 saturated heterocycles. The largest absolute Gasteiger partial charge is 0.352 e. The Morgan fingerprint density at radius 1 is 1.32 bits per heavy atom. The van der Waals surface area contributed by atoms with Crippen LogP contribution < -0.4 is 11.1 Å². The van der Waals surface area contributed by atoms with Gasteiger partial charge in [-0.3, -0.25) is 4.79 Å². The van der Waals surface area contributed by atoms with Crippen LogP contribution in [0.4, 0.5) is 0 Å². The Hall–Kier alpha value is -1.06. The number of carbonyl (C=O) groups excluding carboxylic acids is 1. The van der Waals surface area contributed by atoms with Gasteiger partial charge >= 0.3 is 0 Å². The molecule has 1 atom stereocenters. The van der Waals surface area contributed by atoms with Crippen molar-refractivity contribution >= 4 is 18.3 Å². The fourth-order valence-electron chi connectivity index (χ4n) is 3.31. The summed E-state index contributed by atoms with van der Waals surface area (Å²) in [7, 11) is 0. The van der Waals surface area contributed by atoms with Crippen molar-refractivity contribution in [3.63, 3.8) is 0 Å². The quantitative estimate of drug-likeness (QED) is 0.843. The Kier molecular flexibility index (Phi) is 8.51. The summed E-state index contributed by atoms with van der Waals surface area (Å²) in [5.74, 6) is 0.712. The minimum absolute atomic E-state index is 0. The SMILES string of the molecule is Cc1cccc(CCC(=O)NC(CN)C2CCCCC2)c1.Cl. The first-order valence-corrected chi connectivity index (χ1v) is 8.24. The molecule has 3 nitrogen and oxygen atoms in total. The molecule has 4 heteroatoms. The maximum atomic E-state index is 12.1. The summed E-state index contributed by atoms with van der Waals surface area (Å²) < 4.78 is 0. The lowest BCUT2D eigenvalue weighted by Gasteiger charge is -2.30. The number of hydrogen-bond acceptors (Lipinski definition) is 2. The van der Waals surface area contributed by atoms with E-state index in [1.807, 2.05) is 6.07 Å². The van der Waals surface area contributed by atoms with E-state index in [1.165, 1.54) is 43.2 Å². The molecular formula is C18H29ClN2O. The van der Waals surface area contributed by atoms with Crippen LogP contribution in [0.15, 0.2) is 24.3 Å². The Bertz CT molecular complexity index is 458. The van der Waals surface area contributed by atoms with Gasteiger partial charge < -0.3 is 11.1 Å². The van der Waals surface area contributed by atoms with E-state index in [9.17, 15) is 4.79 Å². The maximum Gasteiger partial charge on any atom is 0.220 e. The topological polar surface area (TPSA) is 55.1 Å². The van der Waals surface area contributed by atoms with Crippen LogP contribution in [-0.2, 0) is 11.2 Å². The van der Waals surface area contributed by atoms with E-state index < -0.39 is 0 Å². The van der Waals surface area contributed by atoms with Crippen molar-refractivity contribution in [2.45, 2.75) is 57.9 Å². The first-order valence-electron chi connectivity index (χ1n) is 8.24. The fraction of sp³-hybridized carbons (Fsp3) is 0.611. The normalized spacial score (nSPS) is 16.6. The molecule has 1 amide bonds. The molecule has 0 aromatic heterocycles. The number of halogens is 1. The standard InChI is InChI=1S/C18H28N2O.ClH/c1-14-6-5-7-15(12-14)10-11-18(21)20-17(13-19)16-8-3-2-4-9-16;/h5-7,12,16-17H,2-4,8-11,13,19H2,1H3,(H,20,21);1H.